The highest BCUT2D eigenvalue weighted by atomic mass is 19.1. The van der Waals surface area contributed by atoms with Crippen LogP contribution in [0.2, 0.25) is 0 Å². The molecule has 0 saturated carbocycles. The van der Waals surface area contributed by atoms with Crippen molar-refractivity contribution in [1.82, 2.24) is 4.90 Å². The molecule has 0 spiro atoms. The molecule has 0 bridgehead atoms. The third kappa shape index (κ3) is 3.35. The van der Waals surface area contributed by atoms with Crippen LogP contribution in [0.4, 0.5) is 14.9 Å². The SMILES string of the molecule is CC(C)(C)OC(=O)N1Cc2cc(N)cc(-c3ccc(F)cc3)c2C1. The van der Waals surface area contributed by atoms with E-state index in [9.17, 15) is 9.18 Å². The number of nitrogen functional groups attached to an aromatic ring is 1. The number of ether oxygens (including phenoxy) is 1. The fourth-order valence-electron chi connectivity index (χ4n) is 2.88. The van der Waals surface area contributed by atoms with E-state index in [1.54, 1.807) is 17.0 Å². The Morgan fingerprint density at radius 2 is 1.83 bits per heavy atom. The normalized spacial score (nSPS) is 13.8. The molecule has 2 aromatic rings. The van der Waals surface area contributed by atoms with Crippen molar-refractivity contribution in [3.8, 4) is 11.1 Å². The van der Waals surface area contributed by atoms with E-state index < -0.39 is 5.60 Å². The van der Waals surface area contributed by atoms with Crippen LogP contribution in [0.5, 0.6) is 0 Å². The Kier molecular flexibility index (Phi) is 3.95. The molecule has 2 aromatic carbocycles. The van der Waals surface area contributed by atoms with Crippen LogP contribution in [0.15, 0.2) is 36.4 Å². The first-order valence-electron chi connectivity index (χ1n) is 7.88. The summed E-state index contributed by atoms with van der Waals surface area (Å²) in [6.45, 7) is 6.45. The van der Waals surface area contributed by atoms with E-state index in [2.05, 4.69) is 0 Å². The molecule has 0 aliphatic carbocycles. The molecule has 4 nitrogen and oxygen atoms in total. The smallest absolute Gasteiger partial charge is 0.410 e. The predicted molar refractivity (Wildman–Crippen MR) is 91.7 cm³/mol. The first kappa shape index (κ1) is 16.3. The predicted octanol–water partition coefficient (Wildman–Crippen LogP) is 4.33. The van der Waals surface area contributed by atoms with Gasteiger partial charge in [0, 0.05) is 12.2 Å². The summed E-state index contributed by atoms with van der Waals surface area (Å²) in [5, 5.41) is 0. The van der Waals surface area contributed by atoms with E-state index in [4.69, 9.17) is 10.5 Å². The quantitative estimate of drug-likeness (QED) is 0.793. The van der Waals surface area contributed by atoms with Gasteiger partial charge in [0.2, 0.25) is 0 Å². The minimum atomic E-state index is -0.537. The van der Waals surface area contributed by atoms with Crippen molar-refractivity contribution >= 4 is 11.8 Å². The van der Waals surface area contributed by atoms with Crippen molar-refractivity contribution in [2.75, 3.05) is 5.73 Å². The van der Waals surface area contributed by atoms with Crippen LogP contribution in [0.1, 0.15) is 31.9 Å². The van der Waals surface area contributed by atoms with Gasteiger partial charge in [-0.3, -0.25) is 4.90 Å². The topological polar surface area (TPSA) is 55.6 Å². The summed E-state index contributed by atoms with van der Waals surface area (Å²) in [7, 11) is 0. The Morgan fingerprint density at radius 1 is 1.17 bits per heavy atom. The zero-order chi connectivity index (χ0) is 17.5. The van der Waals surface area contributed by atoms with Gasteiger partial charge in [-0.15, -0.1) is 0 Å². The van der Waals surface area contributed by atoms with Gasteiger partial charge in [0.25, 0.3) is 0 Å². The van der Waals surface area contributed by atoms with Crippen LogP contribution < -0.4 is 5.73 Å². The lowest BCUT2D eigenvalue weighted by atomic mass is 9.96. The van der Waals surface area contributed by atoms with Gasteiger partial charge in [0.1, 0.15) is 11.4 Å². The molecule has 0 fully saturated rings. The first-order chi connectivity index (χ1) is 11.2. The Morgan fingerprint density at radius 3 is 2.46 bits per heavy atom. The number of halogens is 1. The Bertz CT molecular complexity index is 779. The number of hydrogen-bond donors (Lipinski definition) is 1. The van der Waals surface area contributed by atoms with Crippen LogP contribution in [0.3, 0.4) is 0 Å². The van der Waals surface area contributed by atoms with Crippen LogP contribution >= 0.6 is 0 Å². The molecule has 1 aliphatic heterocycles. The second-order valence-electron chi connectivity index (χ2n) is 7.05. The maximum Gasteiger partial charge on any atom is 0.410 e. The monoisotopic (exact) mass is 328 g/mol. The maximum absolute atomic E-state index is 13.2. The minimum absolute atomic E-state index is 0.283. The molecular weight excluding hydrogens is 307 g/mol. The maximum atomic E-state index is 13.2. The molecule has 0 saturated heterocycles. The van der Waals surface area contributed by atoms with E-state index in [0.717, 1.165) is 22.3 Å². The average molecular weight is 328 g/mol. The number of carbonyl (C=O) groups excluding carboxylic acids is 1. The molecule has 0 radical (unpaired) electrons. The van der Waals surface area contributed by atoms with Gasteiger partial charge in [-0.2, -0.15) is 0 Å². The summed E-state index contributed by atoms with van der Waals surface area (Å²) in [4.78, 5) is 14.0. The summed E-state index contributed by atoms with van der Waals surface area (Å²) in [5.41, 5.74) is 9.94. The molecule has 1 amide bonds. The van der Waals surface area contributed by atoms with Crippen molar-refractivity contribution in [3.63, 3.8) is 0 Å². The number of amides is 1. The summed E-state index contributed by atoms with van der Waals surface area (Å²) < 4.78 is 18.6. The Labute approximate surface area is 141 Å². The van der Waals surface area contributed by atoms with E-state index in [0.29, 0.717) is 18.8 Å². The average Bonchev–Trinajstić information content (AvgIpc) is 2.89. The zero-order valence-electron chi connectivity index (χ0n) is 14.1. The zero-order valence-corrected chi connectivity index (χ0v) is 14.1. The highest BCUT2D eigenvalue weighted by Gasteiger charge is 2.29. The number of hydrogen-bond acceptors (Lipinski definition) is 3. The number of nitrogens with two attached hydrogens (primary N) is 1. The summed E-state index contributed by atoms with van der Waals surface area (Å²) >= 11 is 0. The van der Waals surface area contributed by atoms with Crippen molar-refractivity contribution in [1.29, 1.82) is 0 Å². The highest BCUT2D eigenvalue weighted by Crippen LogP contribution is 2.35. The van der Waals surface area contributed by atoms with Crippen LogP contribution in [0, 0.1) is 5.82 Å². The number of nitrogens with zero attached hydrogens (tertiary/aromatic N) is 1. The Hall–Kier alpha value is -2.56. The number of rotatable bonds is 1. The van der Waals surface area contributed by atoms with Gasteiger partial charge in [0.15, 0.2) is 0 Å². The standard InChI is InChI=1S/C19H21FN2O2/c1-19(2,3)24-18(23)22-10-13-8-15(21)9-16(17(13)11-22)12-4-6-14(20)7-5-12/h4-9H,10-11,21H2,1-3H3. The van der Waals surface area contributed by atoms with Gasteiger partial charge in [-0.1, -0.05) is 12.1 Å². The molecule has 0 unspecified atom stereocenters. The molecular formula is C19H21FN2O2. The van der Waals surface area contributed by atoms with Crippen LogP contribution in [0.25, 0.3) is 11.1 Å². The molecule has 0 atom stereocenters. The molecule has 5 heteroatoms. The fraction of sp³-hybridized carbons (Fsp3) is 0.316. The number of carbonyl (C=O) groups is 1. The van der Waals surface area contributed by atoms with Gasteiger partial charge in [-0.05, 0) is 67.3 Å². The summed E-state index contributed by atoms with van der Waals surface area (Å²) in [6, 6.07) is 10.0. The second-order valence-corrected chi connectivity index (χ2v) is 7.05. The van der Waals surface area contributed by atoms with Crippen molar-refractivity contribution in [3.05, 3.63) is 53.3 Å². The molecule has 0 aromatic heterocycles. The van der Waals surface area contributed by atoms with Gasteiger partial charge in [0.05, 0.1) is 6.54 Å². The van der Waals surface area contributed by atoms with E-state index in [1.807, 2.05) is 32.9 Å². The number of anilines is 1. The van der Waals surface area contributed by atoms with Crippen molar-refractivity contribution in [2.24, 2.45) is 0 Å². The second kappa shape index (κ2) is 5.82. The molecule has 1 heterocycles. The van der Waals surface area contributed by atoms with E-state index in [1.165, 1.54) is 12.1 Å². The Balaban J connectivity index is 1.93. The highest BCUT2D eigenvalue weighted by molar-refractivity contribution is 5.76. The lowest BCUT2D eigenvalue weighted by molar-refractivity contribution is 0.0242. The van der Waals surface area contributed by atoms with Crippen LogP contribution in [-0.4, -0.2) is 16.6 Å². The lowest BCUT2D eigenvalue weighted by Crippen LogP contribution is -2.33. The van der Waals surface area contributed by atoms with E-state index in [-0.39, 0.29) is 11.9 Å². The van der Waals surface area contributed by atoms with Gasteiger partial charge in [-0.25, -0.2) is 9.18 Å². The third-order valence-corrected chi connectivity index (χ3v) is 3.88. The fourth-order valence-corrected chi connectivity index (χ4v) is 2.88. The van der Waals surface area contributed by atoms with Gasteiger partial charge >= 0.3 is 6.09 Å². The molecule has 3 rings (SSSR count). The van der Waals surface area contributed by atoms with E-state index >= 15 is 0 Å². The first-order valence-corrected chi connectivity index (χ1v) is 7.88. The largest absolute Gasteiger partial charge is 0.444 e. The summed E-state index contributed by atoms with van der Waals surface area (Å²) in [6.07, 6.45) is -0.345. The molecule has 1 aliphatic rings. The van der Waals surface area contributed by atoms with Crippen LogP contribution in [-0.2, 0) is 17.8 Å². The molecule has 2 N–H and O–H groups in total. The summed E-state index contributed by atoms with van der Waals surface area (Å²) in [5.74, 6) is -0.283. The van der Waals surface area contributed by atoms with Crippen molar-refractivity contribution in [2.45, 2.75) is 39.5 Å². The third-order valence-electron chi connectivity index (χ3n) is 3.88. The lowest BCUT2D eigenvalue weighted by Gasteiger charge is -2.24. The molecule has 24 heavy (non-hydrogen) atoms. The van der Waals surface area contributed by atoms with Crippen molar-refractivity contribution < 1.29 is 13.9 Å². The van der Waals surface area contributed by atoms with Gasteiger partial charge < -0.3 is 10.5 Å². The number of benzene rings is 2. The number of fused-ring (bicyclic) bond motifs is 1. The minimum Gasteiger partial charge on any atom is -0.444 e. The molecule has 126 valence electrons.